The van der Waals surface area contributed by atoms with Crippen molar-refractivity contribution < 1.29 is 14.7 Å². The average molecular weight is 241 g/mol. The van der Waals surface area contributed by atoms with Gasteiger partial charge in [0.05, 0.1) is 0 Å². The molecule has 0 saturated heterocycles. The second-order valence-corrected chi connectivity index (χ2v) is 3.52. The Hall–Kier alpha value is -2.12. The van der Waals surface area contributed by atoms with E-state index in [0.717, 1.165) is 12.8 Å². The van der Waals surface area contributed by atoms with Crippen molar-refractivity contribution >= 4 is 17.7 Å². The number of aromatic nitrogens is 3. The predicted octanol–water partition coefficient (Wildman–Crippen LogP) is -0.238. The van der Waals surface area contributed by atoms with Crippen LogP contribution in [0.2, 0.25) is 0 Å². The van der Waals surface area contributed by atoms with Crippen molar-refractivity contribution in [1.82, 2.24) is 20.7 Å². The molecule has 0 unspecified atom stereocenters. The number of nitrogens with zero attached hydrogens (tertiary/aromatic N) is 2. The van der Waals surface area contributed by atoms with Gasteiger partial charge in [-0.25, -0.2) is 0 Å². The molecule has 0 atom stereocenters. The Bertz CT molecular complexity index is 390. The normalized spacial score (nSPS) is 10.1. The molecule has 0 radical (unpaired) electrons. The van der Waals surface area contributed by atoms with E-state index in [2.05, 4.69) is 20.7 Å². The van der Waals surface area contributed by atoms with Crippen molar-refractivity contribution in [2.45, 2.75) is 25.7 Å². The van der Waals surface area contributed by atoms with E-state index >= 15 is 0 Å². The fourth-order valence-corrected chi connectivity index (χ4v) is 1.27. The molecule has 0 aliphatic heterocycles. The monoisotopic (exact) mass is 241 g/mol. The van der Waals surface area contributed by atoms with E-state index in [1.165, 1.54) is 0 Å². The van der Waals surface area contributed by atoms with Crippen LogP contribution < -0.4 is 11.1 Å². The first-order valence-electron chi connectivity index (χ1n) is 5.27. The van der Waals surface area contributed by atoms with Crippen molar-refractivity contribution in [3.8, 4) is 0 Å². The molecule has 1 aromatic rings. The average Bonchev–Trinajstić information content (AvgIpc) is 2.69. The Morgan fingerprint density at radius 2 is 2.06 bits per heavy atom. The number of hydrogen-bond donors (Lipinski definition) is 4. The molecule has 0 fully saturated rings. The quantitative estimate of drug-likeness (QED) is 0.487. The number of nitrogens with two attached hydrogens (primary N) is 1. The number of carbonyl (C=O) groups excluding carboxylic acids is 1. The SMILES string of the molecule is Nc1n[nH]nc1C(=O)NCCCCCC(=O)O. The highest BCUT2D eigenvalue weighted by Crippen LogP contribution is 2.02. The number of aliphatic carboxylic acids is 1. The van der Waals surface area contributed by atoms with Gasteiger partial charge in [-0.2, -0.15) is 5.21 Å². The Morgan fingerprint density at radius 3 is 2.65 bits per heavy atom. The minimum absolute atomic E-state index is 0.0633. The fourth-order valence-electron chi connectivity index (χ4n) is 1.27. The summed E-state index contributed by atoms with van der Waals surface area (Å²) in [5.41, 5.74) is 5.47. The minimum Gasteiger partial charge on any atom is -0.481 e. The maximum Gasteiger partial charge on any atom is 0.303 e. The molecule has 0 aromatic carbocycles. The molecule has 8 heteroatoms. The molecular formula is C9H15N5O3. The van der Waals surface area contributed by atoms with Gasteiger partial charge in [-0.1, -0.05) is 6.42 Å². The van der Waals surface area contributed by atoms with Gasteiger partial charge in [-0.05, 0) is 12.8 Å². The minimum atomic E-state index is -0.801. The Balaban J connectivity index is 2.13. The summed E-state index contributed by atoms with van der Waals surface area (Å²) in [6.45, 7) is 0.463. The van der Waals surface area contributed by atoms with E-state index in [1.54, 1.807) is 0 Å². The largest absolute Gasteiger partial charge is 0.481 e. The number of nitrogens with one attached hydrogen (secondary N) is 2. The highest BCUT2D eigenvalue weighted by molar-refractivity contribution is 5.96. The molecule has 0 saturated carbocycles. The summed E-state index contributed by atoms with van der Waals surface area (Å²) in [6.07, 6.45) is 2.24. The van der Waals surface area contributed by atoms with Crippen molar-refractivity contribution in [2.75, 3.05) is 12.3 Å². The van der Waals surface area contributed by atoms with Crippen LogP contribution in [0.1, 0.15) is 36.2 Å². The first kappa shape index (κ1) is 12.9. The Kier molecular flexibility index (Phi) is 4.92. The molecule has 1 amide bonds. The number of anilines is 1. The van der Waals surface area contributed by atoms with E-state index in [4.69, 9.17) is 10.8 Å². The smallest absolute Gasteiger partial charge is 0.303 e. The highest BCUT2D eigenvalue weighted by atomic mass is 16.4. The fraction of sp³-hybridized carbons (Fsp3) is 0.556. The lowest BCUT2D eigenvalue weighted by molar-refractivity contribution is -0.137. The maximum atomic E-state index is 11.5. The molecule has 0 spiro atoms. The molecule has 0 aliphatic rings. The highest BCUT2D eigenvalue weighted by Gasteiger charge is 2.12. The van der Waals surface area contributed by atoms with Gasteiger partial charge in [0, 0.05) is 13.0 Å². The molecule has 17 heavy (non-hydrogen) atoms. The molecule has 5 N–H and O–H groups in total. The van der Waals surface area contributed by atoms with Gasteiger partial charge < -0.3 is 16.2 Å². The summed E-state index contributed by atoms with van der Waals surface area (Å²) < 4.78 is 0. The van der Waals surface area contributed by atoms with Crippen molar-refractivity contribution in [1.29, 1.82) is 0 Å². The second kappa shape index (κ2) is 6.46. The molecule has 8 nitrogen and oxygen atoms in total. The molecule has 0 aliphatic carbocycles. The number of carboxylic acids is 1. The standard InChI is InChI=1S/C9H15N5O3/c10-8-7(12-14-13-8)9(17)11-5-3-1-2-4-6(15)16/h1-5H2,(H,11,17)(H,15,16)(H3,10,12,13,14). The summed E-state index contributed by atoms with van der Waals surface area (Å²) in [7, 11) is 0. The molecule has 1 heterocycles. The number of H-pyrrole nitrogens is 1. The van der Waals surface area contributed by atoms with E-state index in [9.17, 15) is 9.59 Å². The lowest BCUT2D eigenvalue weighted by atomic mass is 10.2. The van der Waals surface area contributed by atoms with Crippen LogP contribution in [0.25, 0.3) is 0 Å². The van der Waals surface area contributed by atoms with Crippen LogP contribution in [0, 0.1) is 0 Å². The number of hydrogen-bond acceptors (Lipinski definition) is 5. The molecule has 0 bridgehead atoms. The summed E-state index contributed by atoms with van der Waals surface area (Å²) >= 11 is 0. The topological polar surface area (TPSA) is 134 Å². The van der Waals surface area contributed by atoms with E-state index in [1.807, 2.05) is 0 Å². The number of aromatic amines is 1. The lowest BCUT2D eigenvalue weighted by Gasteiger charge is -2.02. The zero-order valence-electron chi connectivity index (χ0n) is 9.27. The third-order valence-corrected chi connectivity index (χ3v) is 2.14. The van der Waals surface area contributed by atoms with Crippen molar-refractivity contribution in [3.05, 3.63) is 5.69 Å². The number of nitrogen functional groups attached to an aromatic ring is 1. The zero-order chi connectivity index (χ0) is 12.7. The van der Waals surface area contributed by atoms with Gasteiger partial charge >= 0.3 is 5.97 Å². The number of carboxylic acid groups (broad SMARTS) is 1. The van der Waals surface area contributed by atoms with Crippen LogP contribution in [0.3, 0.4) is 0 Å². The Morgan fingerprint density at radius 1 is 1.29 bits per heavy atom. The number of carbonyl (C=O) groups is 2. The number of amides is 1. The molecule has 1 aromatic heterocycles. The molecule has 1 rings (SSSR count). The maximum absolute atomic E-state index is 11.5. The lowest BCUT2D eigenvalue weighted by Crippen LogP contribution is -2.25. The van der Waals surface area contributed by atoms with Crippen LogP contribution in [-0.2, 0) is 4.79 Å². The van der Waals surface area contributed by atoms with Crippen LogP contribution in [0.4, 0.5) is 5.82 Å². The first-order valence-corrected chi connectivity index (χ1v) is 5.27. The van der Waals surface area contributed by atoms with E-state index < -0.39 is 5.97 Å². The summed E-state index contributed by atoms with van der Waals surface area (Å²) in [6, 6.07) is 0. The summed E-state index contributed by atoms with van der Waals surface area (Å²) in [5, 5.41) is 20.4. The first-order chi connectivity index (χ1) is 8.11. The second-order valence-electron chi connectivity index (χ2n) is 3.52. The predicted molar refractivity (Wildman–Crippen MR) is 59.2 cm³/mol. The van der Waals surface area contributed by atoms with Gasteiger partial charge in [0.15, 0.2) is 11.5 Å². The van der Waals surface area contributed by atoms with Crippen LogP contribution in [0.5, 0.6) is 0 Å². The number of unbranched alkanes of at least 4 members (excludes halogenated alkanes) is 2. The number of rotatable bonds is 7. The summed E-state index contributed by atoms with van der Waals surface area (Å²) in [5.74, 6) is -1.12. The van der Waals surface area contributed by atoms with Crippen LogP contribution in [0.15, 0.2) is 0 Å². The zero-order valence-corrected chi connectivity index (χ0v) is 9.27. The molecular weight excluding hydrogens is 226 g/mol. The van der Waals surface area contributed by atoms with E-state index in [0.29, 0.717) is 13.0 Å². The Labute approximate surface area is 97.6 Å². The van der Waals surface area contributed by atoms with Gasteiger partial charge in [0.1, 0.15) is 0 Å². The van der Waals surface area contributed by atoms with Crippen LogP contribution in [-0.4, -0.2) is 38.9 Å². The third kappa shape index (κ3) is 4.49. The summed E-state index contributed by atoms with van der Waals surface area (Å²) in [4.78, 5) is 21.7. The molecule has 94 valence electrons. The van der Waals surface area contributed by atoms with Crippen LogP contribution >= 0.6 is 0 Å². The van der Waals surface area contributed by atoms with Gasteiger partial charge in [0.25, 0.3) is 5.91 Å². The third-order valence-electron chi connectivity index (χ3n) is 2.14. The van der Waals surface area contributed by atoms with Gasteiger partial charge in [0.2, 0.25) is 0 Å². The van der Waals surface area contributed by atoms with Crippen molar-refractivity contribution in [2.24, 2.45) is 0 Å². The van der Waals surface area contributed by atoms with Crippen molar-refractivity contribution in [3.63, 3.8) is 0 Å². The van der Waals surface area contributed by atoms with E-state index in [-0.39, 0.29) is 23.8 Å². The van der Waals surface area contributed by atoms with Gasteiger partial charge in [-0.3, -0.25) is 9.59 Å². The van der Waals surface area contributed by atoms with Gasteiger partial charge in [-0.15, -0.1) is 10.2 Å².